The number of aryl methyl sites for hydroxylation is 1. The Balaban J connectivity index is 2.10. The zero-order chi connectivity index (χ0) is 30.7. The van der Waals surface area contributed by atoms with Crippen molar-refractivity contribution in [3.05, 3.63) is 74.8 Å². The fraction of sp³-hybridized carbons (Fsp3) is 0.333. The zero-order valence-electron chi connectivity index (χ0n) is 23.8. The number of pyridine rings is 2. The average Bonchev–Trinajstić information content (AvgIpc) is 2.89. The molecule has 1 atom stereocenters. The number of rotatable bonds is 5. The van der Waals surface area contributed by atoms with Gasteiger partial charge in [-0.15, -0.1) is 0 Å². The Labute approximate surface area is 247 Å². The molecule has 0 aliphatic carbocycles. The van der Waals surface area contributed by atoms with Crippen molar-refractivity contribution in [2.24, 2.45) is 0 Å². The van der Waals surface area contributed by atoms with Crippen molar-refractivity contribution >= 4 is 38.0 Å². The van der Waals surface area contributed by atoms with Gasteiger partial charge < -0.3 is 15.3 Å². The molecule has 0 amide bonds. The number of phenolic OH excluding ortho intramolecular Hbond substituents is 1. The van der Waals surface area contributed by atoms with Crippen LogP contribution in [0.4, 0.5) is 14.5 Å². The normalized spacial score (nSPS) is 16.0. The molecular weight excluding hydrogens is 586 g/mol. The van der Waals surface area contributed by atoms with Gasteiger partial charge in [-0.3, -0.25) is 14.3 Å². The lowest BCUT2D eigenvalue weighted by Gasteiger charge is -2.36. The molecule has 0 saturated carbocycles. The average molecular weight is 617 g/mol. The van der Waals surface area contributed by atoms with Gasteiger partial charge in [-0.05, 0) is 49.6 Å². The molecule has 12 heteroatoms. The van der Waals surface area contributed by atoms with E-state index in [9.17, 15) is 18.3 Å². The molecule has 0 spiro atoms. The molecule has 42 heavy (non-hydrogen) atoms. The molecule has 4 aromatic rings. The highest BCUT2D eigenvalue weighted by Gasteiger charge is 2.34. The van der Waals surface area contributed by atoms with Crippen molar-refractivity contribution in [1.82, 2.24) is 14.9 Å². The van der Waals surface area contributed by atoms with Gasteiger partial charge in [0.2, 0.25) is 0 Å². The quantitative estimate of drug-likeness (QED) is 0.313. The molecule has 1 aliphatic heterocycles. The summed E-state index contributed by atoms with van der Waals surface area (Å²) < 4.78 is 60.0. The molecule has 2 N–H and O–H groups in total. The highest BCUT2D eigenvalue weighted by atomic mass is 35.5. The van der Waals surface area contributed by atoms with Crippen molar-refractivity contribution in [2.45, 2.75) is 44.6 Å². The number of hydrogen-bond acceptors (Lipinski definition) is 7. The van der Waals surface area contributed by atoms with Crippen LogP contribution in [-0.2, 0) is 9.84 Å². The molecule has 1 aliphatic rings. The van der Waals surface area contributed by atoms with Crippen LogP contribution in [0.2, 0.25) is 5.02 Å². The topological polar surface area (TPSA) is 105 Å². The molecule has 222 valence electrons. The van der Waals surface area contributed by atoms with E-state index in [0.29, 0.717) is 30.9 Å². The number of aromatic hydroxyl groups is 1. The Kier molecular flexibility index (Phi) is 7.80. The molecule has 2 aromatic carbocycles. The highest BCUT2D eigenvalue weighted by molar-refractivity contribution is 7.90. The van der Waals surface area contributed by atoms with Crippen LogP contribution in [0.25, 0.3) is 27.7 Å². The number of halogens is 3. The predicted molar refractivity (Wildman–Crippen MR) is 161 cm³/mol. The van der Waals surface area contributed by atoms with Crippen molar-refractivity contribution in [1.29, 1.82) is 0 Å². The second-order valence-corrected chi connectivity index (χ2v) is 13.3. The first kappa shape index (κ1) is 29.9. The molecule has 5 rings (SSSR count). The van der Waals surface area contributed by atoms with Crippen molar-refractivity contribution in [3.63, 3.8) is 0 Å². The molecule has 1 fully saturated rings. The number of anilines is 1. The number of aromatic nitrogens is 2. The summed E-state index contributed by atoms with van der Waals surface area (Å²) in [6, 6.07) is 6.45. The first-order valence-electron chi connectivity index (χ1n) is 13.5. The molecule has 0 radical (unpaired) electrons. The molecule has 3 heterocycles. The van der Waals surface area contributed by atoms with Gasteiger partial charge in [-0.1, -0.05) is 31.5 Å². The minimum Gasteiger partial charge on any atom is -0.507 e. The molecule has 2 aromatic heterocycles. The molecule has 0 bridgehead atoms. The summed E-state index contributed by atoms with van der Waals surface area (Å²) in [6.45, 7) is 8.49. The van der Waals surface area contributed by atoms with Crippen molar-refractivity contribution in [3.8, 4) is 22.6 Å². The van der Waals surface area contributed by atoms with Gasteiger partial charge in [-0.2, -0.15) is 0 Å². The van der Waals surface area contributed by atoms with Crippen LogP contribution in [-0.4, -0.2) is 55.0 Å². The predicted octanol–water partition coefficient (Wildman–Crippen LogP) is 5.32. The number of nitrogens with zero attached hydrogens (tertiary/aromatic N) is 3. The maximum absolute atomic E-state index is 17.1. The van der Waals surface area contributed by atoms with E-state index in [-0.39, 0.29) is 39.3 Å². The van der Waals surface area contributed by atoms with Gasteiger partial charge in [0.25, 0.3) is 5.56 Å². The summed E-state index contributed by atoms with van der Waals surface area (Å²) in [4.78, 5) is 20.2. The Morgan fingerprint density at radius 1 is 1.17 bits per heavy atom. The first-order chi connectivity index (χ1) is 19.7. The van der Waals surface area contributed by atoms with Crippen LogP contribution in [0, 0.1) is 18.6 Å². The Morgan fingerprint density at radius 3 is 2.50 bits per heavy atom. The third-order valence-corrected chi connectivity index (χ3v) is 8.91. The van der Waals surface area contributed by atoms with Gasteiger partial charge in [0.05, 0.1) is 33.2 Å². The van der Waals surface area contributed by atoms with Gasteiger partial charge in [0, 0.05) is 49.1 Å². The van der Waals surface area contributed by atoms with Crippen LogP contribution >= 0.6 is 11.6 Å². The molecule has 0 unspecified atom stereocenters. The number of phenols is 1. The maximum Gasteiger partial charge on any atom is 0.276 e. The van der Waals surface area contributed by atoms with E-state index in [4.69, 9.17) is 11.6 Å². The monoisotopic (exact) mass is 616 g/mol. The summed E-state index contributed by atoms with van der Waals surface area (Å²) >= 11 is 6.65. The van der Waals surface area contributed by atoms with Crippen LogP contribution < -0.4 is 15.8 Å². The smallest absolute Gasteiger partial charge is 0.276 e. The van der Waals surface area contributed by atoms with Gasteiger partial charge in [0.1, 0.15) is 11.6 Å². The maximum atomic E-state index is 17.1. The van der Waals surface area contributed by atoms with Crippen LogP contribution in [0.3, 0.4) is 0 Å². The number of benzene rings is 2. The van der Waals surface area contributed by atoms with Gasteiger partial charge >= 0.3 is 0 Å². The number of hydrogen-bond donors (Lipinski definition) is 2. The number of fused-ring (bicyclic) bond motifs is 1. The van der Waals surface area contributed by atoms with E-state index in [0.717, 1.165) is 16.9 Å². The summed E-state index contributed by atoms with van der Waals surface area (Å²) in [6.07, 6.45) is 2.50. The number of sulfone groups is 1. The van der Waals surface area contributed by atoms with E-state index < -0.39 is 48.8 Å². The van der Waals surface area contributed by atoms with Crippen molar-refractivity contribution in [2.75, 3.05) is 30.8 Å². The van der Waals surface area contributed by atoms with Crippen LogP contribution in [0.5, 0.6) is 5.75 Å². The van der Waals surface area contributed by atoms with E-state index in [1.807, 2.05) is 20.8 Å². The second-order valence-electron chi connectivity index (χ2n) is 11.0. The standard InChI is InChI=1S/C30H31ClF2N4O4S/c1-15(2)25-26(16(3)9-10-35-25)37-27-18(13-19(31)22(24(27)33)23-20(32)7-6-8-21(23)38)28(29(30(37)39)42(5,40)41)36-12-11-34-17(4)14-36/h6-10,13,15,17,34,38H,11-12,14H2,1-5H3/t17-/m1/s1. The largest absolute Gasteiger partial charge is 0.507 e. The van der Waals surface area contributed by atoms with E-state index in [2.05, 4.69) is 10.3 Å². The summed E-state index contributed by atoms with van der Waals surface area (Å²) in [5, 5.41) is 13.6. The van der Waals surface area contributed by atoms with Crippen LogP contribution in [0.1, 0.15) is 37.9 Å². The summed E-state index contributed by atoms with van der Waals surface area (Å²) in [5.74, 6) is -2.79. The van der Waals surface area contributed by atoms with Crippen molar-refractivity contribution < 1.29 is 22.3 Å². The Hall–Kier alpha value is -3.54. The third kappa shape index (κ3) is 4.93. The van der Waals surface area contributed by atoms with E-state index in [1.54, 1.807) is 24.1 Å². The fourth-order valence-corrected chi connectivity index (χ4v) is 6.99. The summed E-state index contributed by atoms with van der Waals surface area (Å²) in [5.41, 5.74) is -0.958. The lowest BCUT2D eigenvalue weighted by Crippen LogP contribution is -2.50. The SMILES string of the molecule is Cc1ccnc(C(C)C)c1-n1c(=O)c(S(C)(=O)=O)c(N2CCN[C@H](C)C2)c2cc(Cl)c(-c3c(O)cccc3F)c(F)c21. The third-order valence-electron chi connectivity index (χ3n) is 7.51. The zero-order valence-corrected chi connectivity index (χ0v) is 25.4. The lowest BCUT2D eigenvalue weighted by molar-refractivity contribution is 0.471. The first-order valence-corrected chi connectivity index (χ1v) is 15.7. The Morgan fingerprint density at radius 2 is 1.88 bits per heavy atom. The second kappa shape index (κ2) is 10.9. The Bertz CT molecular complexity index is 1890. The number of piperazine rings is 1. The van der Waals surface area contributed by atoms with E-state index in [1.165, 1.54) is 18.2 Å². The molecular formula is C30H31ClF2N4O4S. The number of nitrogens with one attached hydrogen (secondary N) is 1. The molecule has 8 nitrogen and oxygen atoms in total. The van der Waals surface area contributed by atoms with Crippen LogP contribution in [0.15, 0.2) is 46.2 Å². The van der Waals surface area contributed by atoms with Gasteiger partial charge in [-0.25, -0.2) is 17.2 Å². The summed E-state index contributed by atoms with van der Waals surface area (Å²) in [7, 11) is -4.18. The van der Waals surface area contributed by atoms with Gasteiger partial charge in [0.15, 0.2) is 20.5 Å². The molecule has 1 saturated heterocycles. The fourth-order valence-electron chi connectivity index (χ4n) is 5.71. The minimum absolute atomic E-state index is 0.0276. The minimum atomic E-state index is -4.18. The highest BCUT2D eigenvalue weighted by Crippen LogP contribution is 2.45. The lowest BCUT2D eigenvalue weighted by atomic mass is 9.98. The van der Waals surface area contributed by atoms with E-state index >= 15 is 8.78 Å².